The van der Waals surface area contributed by atoms with Crippen LogP contribution in [0.15, 0.2) is 41.0 Å². The zero-order valence-corrected chi connectivity index (χ0v) is 12.3. The van der Waals surface area contributed by atoms with E-state index in [-0.39, 0.29) is 11.5 Å². The number of hydrogen-bond donors (Lipinski definition) is 1. The van der Waals surface area contributed by atoms with Gasteiger partial charge in [0.1, 0.15) is 11.5 Å². The average molecular weight is 339 g/mol. The summed E-state index contributed by atoms with van der Waals surface area (Å²) in [6, 6.07) is 7.99. The Morgan fingerprint density at radius 2 is 2.20 bits per heavy atom. The lowest BCUT2D eigenvalue weighted by atomic mass is 10.2. The molecule has 1 aromatic heterocycles. The molecule has 20 heavy (non-hydrogen) atoms. The Balaban J connectivity index is 2.11. The Labute approximate surface area is 124 Å². The van der Waals surface area contributed by atoms with Crippen molar-refractivity contribution in [2.45, 2.75) is 6.54 Å². The zero-order chi connectivity index (χ0) is 14.5. The summed E-state index contributed by atoms with van der Waals surface area (Å²) in [5, 5.41) is 3.04. The predicted molar refractivity (Wildman–Crippen MR) is 77.0 cm³/mol. The highest BCUT2D eigenvalue weighted by molar-refractivity contribution is 9.10. The van der Waals surface area contributed by atoms with Crippen LogP contribution in [0.3, 0.4) is 0 Å². The van der Waals surface area contributed by atoms with Crippen LogP contribution in [-0.2, 0) is 11.3 Å². The first kappa shape index (κ1) is 14.5. The number of carbonyl (C=O) groups excluding carboxylic acids is 1. The fourth-order valence-corrected chi connectivity index (χ4v) is 2.04. The van der Waals surface area contributed by atoms with Gasteiger partial charge in [-0.3, -0.25) is 0 Å². The van der Waals surface area contributed by atoms with Crippen LogP contribution >= 0.6 is 15.9 Å². The van der Waals surface area contributed by atoms with Crippen molar-refractivity contribution in [3.8, 4) is 0 Å². The van der Waals surface area contributed by atoms with Crippen molar-refractivity contribution < 1.29 is 13.9 Å². The fourth-order valence-electron chi connectivity index (χ4n) is 1.63. The zero-order valence-electron chi connectivity index (χ0n) is 10.7. The first-order chi connectivity index (χ1) is 9.60. The molecule has 1 heterocycles. The molecule has 0 bridgehead atoms. The number of aromatic nitrogens is 1. The van der Waals surface area contributed by atoms with Crippen molar-refractivity contribution in [3.05, 3.63) is 58.1 Å². The maximum atomic E-state index is 13.6. The molecule has 0 saturated carbocycles. The number of nitrogens with zero attached hydrogens (tertiary/aromatic N) is 1. The number of nitrogens with one attached hydrogen (secondary N) is 1. The second-order valence-electron chi connectivity index (χ2n) is 4.01. The second-order valence-corrected chi connectivity index (χ2v) is 4.93. The van der Waals surface area contributed by atoms with E-state index in [1.165, 1.54) is 19.4 Å². The van der Waals surface area contributed by atoms with E-state index in [0.717, 1.165) is 4.47 Å². The van der Waals surface area contributed by atoms with Crippen LogP contribution < -0.4 is 5.32 Å². The summed E-state index contributed by atoms with van der Waals surface area (Å²) in [5.41, 5.74) is 1.39. The van der Waals surface area contributed by atoms with E-state index in [1.807, 2.05) is 0 Å². The molecule has 0 spiro atoms. The molecule has 0 aliphatic rings. The molecule has 0 saturated heterocycles. The number of benzene rings is 1. The summed E-state index contributed by atoms with van der Waals surface area (Å²) in [5.74, 6) is -0.801. The van der Waals surface area contributed by atoms with Gasteiger partial charge in [-0.25, -0.2) is 14.2 Å². The quantitative estimate of drug-likeness (QED) is 0.868. The topological polar surface area (TPSA) is 51.2 Å². The van der Waals surface area contributed by atoms with Crippen LogP contribution in [0.5, 0.6) is 0 Å². The summed E-state index contributed by atoms with van der Waals surface area (Å²) >= 11 is 3.30. The highest BCUT2D eigenvalue weighted by Crippen LogP contribution is 2.17. The normalized spacial score (nSPS) is 10.2. The highest BCUT2D eigenvalue weighted by atomic mass is 79.9. The standard InChI is InChI=1S/C14H12BrFN2O2/c1-20-14(19)13-7-11(4-5-17-13)18-8-9-6-10(15)2-3-12(9)16/h2-7H,8H2,1H3,(H,17,18). The van der Waals surface area contributed by atoms with E-state index >= 15 is 0 Å². The molecule has 0 aliphatic heterocycles. The number of carbonyl (C=O) groups is 1. The molecule has 0 unspecified atom stereocenters. The van der Waals surface area contributed by atoms with E-state index < -0.39 is 5.97 Å². The number of methoxy groups -OCH3 is 1. The van der Waals surface area contributed by atoms with Gasteiger partial charge in [0.2, 0.25) is 0 Å². The van der Waals surface area contributed by atoms with Crippen molar-refractivity contribution in [1.82, 2.24) is 4.98 Å². The highest BCUT2D eigenvalue weighted by Gasteiger charge is 2.08. The van der Waals surface area contributed by atoms with Gasteiger partial charge < -0.3 is 10.1 Å². The van der Waals surface area contributed by atoms with Gasteiger partial charge in [-0.05, 0) is 30.3 Å². The van der Waals surface area contributed by atoms with E-state index in [4.69, 9.17) is 0 Å². The van der Waals surface area contributed by atoms with Gasteiger partial charge in [0.05, 0.1) is 7.11 Å². The molecule has 1 aromatic carbocycles. The van der Waals surface area contributed by atoms with Crippen molar-refractivity contribution in [3.63, 3.8) is 0 Å². The van der Waals surface area contributed by atoms with E-state index in [9.17, 15) is 9.18 Å². The van der Waals surface area contributed by atoms with E-state index in [1.54, 1.807) is 24.3 Å². The molecule has 0 atom stereocenters. The third kappa shape index (κ3) is 3.54. The van der Waals surface area contributed by atoms with E-state index in [0.29, 0.717) is 17.8 Å². The van der Waals surface area contributed by atoms with Gasteiger partial charge in [0.25, 0.3) is 0 Å². The number of ether oxygens (including phenoxy) is 1. The molecule has 2 aromatic rings. The number of hydrogen-bond acceptors (Lipinski definition) is 4. The lowest BCUT2D eigenvalue weighted by Crippen LogP contribution is -2.06. The monoisotopic (exact) mass is 338 g/mol. The predicted octanol–water partition coefficient (Wildman–Crippen LogP) is 3.38. The Morgan fingerprint density at radius 3 is 2.95 bits per heavy atom. The Kier molecular flexibility index (Phi) is 4.68. The Bertz CT molecular complexity index is 634. The van der Waals surface area contributed by atoms with Gasteiger partial charge in [-0.2, -0.15) is 0 Å². The van der Waals surface area contributed by atoms with Crippen molar-refractivity contribution in [2.24, 2.45) is 0 Å². The minimum absolute atomic E-state index is 0.201. The van der Waals surface area contributed by atoms with Crippen LogP contribution in [0.4, 0.5) is 10.1 Å². The minimum atomic E-state index is -0.512. The minimum Gasteiger partial charge on any atom is -0.464 e. The van der Waals surface area contributed by atoms with Gasteiger partial charge in [0, 0.05) is 28.5 Å². The number of esters is 1. The number of rotatable bonds is 4. The third-order valence-corrected chi connectivity index (χ3v) is 3.14. The van der Waals surface area contributed by atoms with Crippen LogP contribution in [0.25, 0.3) is 0 Å². The van der Waals surface area contributed by atoms with Crippen LogP contribution in [0, 0.1) is 5.82 Å². The van der Waals surface area contributed by atoms with Crippen molar-refractivity contribution in [2.75, 3.05) is 12.4 Å². The first-order valence-electron chi connectivity index (χ1n) is 5.82. The van der Waals surface area contributed by atoms with Gasteiger partial charge in [-0.15, -0.1) is 0 Å². The lowest BCUT2D eigenvalue weighted by molar-refractivity contribution is 0.0594. The van der Waals surface area contributed by atoms with Gasteiger partial charge in [-0.1, -0.05) is 15.9 Å². The molecule has 104 valence electrons. The summed E-state index contributed by atoms with van der Waals surface area (Å²) < 4.78 is 19.0. The number of halogens is 2. The Hall–Kier alpha value is -1.95. The molecular weight excluding hydrogens is 327 g/mol. The average Bonchev–Trinajstić information content (AvgIpc) is 2.47. The first-order valence-corrected chi connectivity index (χ1v) is 6.61. The molecule has 2 rings (SSSR count). The summed E-state index contributed by atoms with van der Waals surface area (Å²) in [6.07, 6.45) is 1.49. The second kappa shape index (κ2) is 6.47. The molecule has 0 amide bonds. The molecular formula is C14H12BrFN2O2. The van der Waals surface area contributed by atoms with Gasteiger partial charge >= 0.3 is 5.97 Å². The van der Waals surface area contributed by atoms with E-state index in [2.05, 4.69) is 31.0 Å². The van der Waals surface area contributed by atoms with Crippen LogP contribution in [-0.4, -0.2) is 18.1 Å². The molecule has 0 fully saturated rings. The Morgan fingerprint density at radius 1 is 1.40 bits per heavy atom. The molecule has 0 radical (unpaired) electrons. The lowest BCUT2D eigenvalue weighted by Gasteiger charge is -2.08. The fraction of sp³-hybridized carbons (Fsp3) is 0.143. The van der Waals surface area contributed by atoms with Crippen molar-refractivity contribution in [1.29, 1.82) is 0 Å². The number of anilines is 1. The smallest absolute Gasteiger partial charge is 0.356 e. The SMILES string of the molecule is COC(=O)c1cc(NCc2cc(Br)ccc2F)ccn1. The molecule has 1 N–H and O–H groups in total. The molecule has 6 heteroatoms. The third-order valence-electron chi connectivity index (χ3n) is 2.65. The molecule has 0 aliphatic carbocycles. The van der Waals surface area contributed by atoms with Crippen molar-refractivity contribution >= 4 is 27.6 Å². The van der Waals surface area contributed by atoms with Crippen LogP contribution in [0.2, 0.25) is 0 Å². The summed E-state index contributed by atoms with van der Waals surface area (Å²) in [4.78, 5) is 15.3. The maximum absolute atomic E-state index is 13.6. The molecule has 4 nitrogen and oxygen atoms in total. The van der Waals surface area contributed by atoms with Gasteiger partial charge in [0.15, 0.2) is 0 Å². The number of pyridine rings is 1. The summed E-state index contributed by atoms with van der Waals surface area (Å²) in [6.45, 7) is 0.301. The summed E-state index contributed by atoms with van der Waals surface area (Å²) in [7, 11) is 1.29. The largest absolute Gasteiger partial charge is 0.464 e. The maximum Gasteiger partial charge on any atom is 0.356 e. The van der Waals surface area contributed by atoms with Crippen LogP contribution in [0.1, 0.15) is 16.1 Å².